The summed E-state index contributed by atoms with van der Waals surface area (Å²) in [6, 6.07) is 0. The van der Waals surface area contributed by atoms with E-state index in [0.717, 1.165) is 19.3 Å². The van der Waals surface area contributed by atoms with E-state index < -0.39 is 99.0 Å². The summed E-state index contributed by atoms with van der Waals surface area (Å²) in [6.45, 7) is -1.13. The van der Waals surface area contributed by atoms with Crippen molar-refractivity contribution < 1.29 is 74.7 Å². The molecule has 0 aromatic rings. The van der Waals surface area contributed by atoms with E-state index in [1.54, 1.807) is 0 Å². The van der Waals surface area contributed by atoms with Crippen LogP contribution in [0.4, 0.5) is 0 Å². The Hall–Kier alpha value is -0.600. The number of hydrogen-bond donors (Lipinski definition) is 10. The van der Waals surface area contributed by atoms with Gasteiger partial charge in [0.1, 0.15) is 48.8 Å². The molecule has 2 saturated carbocycles. The number of rotatable bonds is 7. The van der Waals surface area contributed by atoms with Crippen LogP contribution in [0, 0.1) is 11.8 Å². The first-order valence-corrected chi connectivity index (χ1v) is 14.9. The Morgan fingerprint density at radius 3 is 1.90 bits per heavy atom. The van der Waals surface area contributed by atoms with Crippen molar-refractivity contribution in [1.82, 2.24) is 0 Å². The van der Waals surface area contributed by atoms with Crippen LogP contribution < -0.4 is 0 Å². The molecule has 18 unspecified atom stereocenters. The molecule has 5 fully saturated rings. The maximum absolute atomic E-state index is 10.9. The van der Waals surface area contributed by atoms with Crippen LogP contribution in [0.5, 0.6) is 0 Å². The van der Waals surface area contributed by atoms with Crippen LogP contribution in [0.15, 0.2) is 0 Å². The highest BCUT2D eigenvalue weighted by Crippen LogP contribution is 2.42. The Morgan fingerprint density at radius 2 is 1.21 bits per heavy atom. The van der Waals surface area contributed by atoms with E-state index >= 15 is 0 Å². The van der Waals surface area contributed by atoms with Gasteiger partial charge in [-0.1, -0.05) is 0 Å². The molecule has 15 nitrogen and oxygen atoms in total. The SMILES string of the molecule is OCC1OC(OCC2OC(OC3CC(O)C4CCC(C5CCC(O)C(O)C5)OC4C3)C(O)C(O)C2O)C(O)C(O)C1O. The first-order chi connectivity index (χ1) is 20.0. The van der Waals surface area contributed by atoms with E-state index in [9.17, 15) is 51.1 Å². The average molecular weight is 611 g/mol. The molecule has 42 heavy (non-hydrogen) atoms. The van der Waals surface area contributed by atoms with Gasteiger partial charge in [-0.15, -0.1) is 0 Å². The minimum atomic E-state index is -1.68. The summed E-state index contributed by atoms with van der Waals surface area (Å²) in [7, 11) is 0. The quantitative estimate of drug-likeness (QED) is 0.131. The number of hydrogen-bond acceptors (Lipinski definition) is 15. The van der Waals surface area contributed by atoms with Crippen LogP contribution >= 0.6 is 0 Å². The number of aliphatic hydroxyl groups is 10. The van der Waals surface area contributed by atoms with Crippen LogP contribution in [0.25, 0.3) is 0 Å². The highest BCUT2D eigenvalue weighted by molar-refractivity contribution is 4.96. The molecule has 5 aliphatic rings. The van der Waals surface area contributed by atoms with E-state index in [-0.39, 0.29) is 30.5 Å². The third-order valence-electron chi connectivity index (χ3n) is 9.72. The summed E-state index contributed by atoms with van der Waals surface area (Å²) >= 11 is 0. The van der Waals surface area contributed by atoms with E-state index in [1.165, 1.54) is 0 Å². The zero-order valence-electron chi connectivity index (χ0n) is 23.3. The van der Waals surface area contributed by atoms with Gasteiger partial charge in [-0.3, -0.25) is 0 Å². The Kier molecular flexibility index (Phi) is 10.8. The summed E-state index contributed by atoms with van der Waals surface area (Å²) in [5.41, 5.74) is 0. The van der Waals surface area contributed by atoms with Gasteiger partial charge in [0.05, 0.1) is 49.8 Å². The fourth-order valence-corrected chi connectivity index (χ4v) is 7.12. The third-order valence-corrected chi connectivity index (χ3v) is 9.72. The first-order valence-electron chi connectivity index (χ1n) is 14.9. The second-order valence-electron chi connectivity index (χ2n) is 12.5. The van der Waals surface area contributed by atoms with Gasteiger partial charge in [0.15, 0.2) is 12.6 Å². The molecule has 0 bridgehead atoms. The fraction of sp³-hybridized carbons (Fsp3) is 1.00. The number of aliphatic hydroxyl groups excluding tert-OH is 10. The van der Waals surface area contributed by atoms with Crippen LogP contribution in [-0.2, 0) is 23.7 Å². The van der Waals surface area contributed by atoms with Crippen LogP contribution in [0.3, 0.4) is 0 Å². The molecule has 3 saturated heterocycles. The van der Waals surface area contributed by atoms with E-state index in [0.29, 0.717) is 19.3 Å². The van der Waals surface area contributed by atoms with Crippen LogP contribution in [0.2, 0.25) is 0 Å². The zero-order chi connectivity index (χ0) is 30.3. The van der Waals surface area contributed by atoms with Gasteiger partial charge >= 0.3 is 0 Å². The first kappa shape index (κ1) is 32.8. The van der Waals surface area contributed by atoms with E-state index in [1.807, 2.05) is 0 Å². The van der Waals surface area contributed by atoms with Crippen molar-refractivity contribution >= 4 is 0 Å². The smallest absolute Gasteiger partial charge is 0.186 e. The molecule has 2 aliphatic carbocycles. The summed E-state index contributed by atoms with van der Waals surface area (Å²) < 4.78 is 28.9. The lowest BCUT2D eigenvalue weighted by Crippen LogP contribution is -2.62. The second-order valence-corrected chi connectivity index (χ2v) is 12.5. The largest absolute Gasteiger partial charge is 0.394 e. The lowest BCUT2D eigenvalue weighted by molar-refractivity contribution is -0.339. The number of fused-ring (bicyclic) bond motifs is 1. The molecular formula is C27H46O15. The molecule has 3 aliphatic heterocycles. The highest BCUT2D eigenvalue weighted by Gasteiger charge is 2.50. The summed E-state index contributed by atoms with van der Waals surface area (Å²) in [5.74, 6) is -0.0168. The van der Waals surface area contributed by atoms with Crippen molar-refractivity contribution in [3.63, 3.8) is 0 Å². The molecule has 10 N–H and O–H groups in total. The number of ether oxygens (including phenoxy) is 5. The molecule has 0 aromatic carbocycles. The van der Waals surface area contributed by atoms with Crippen LogP contribution in [-0.4, -0.2) is 162 Å². The normalized spacial score (nSPS) is 53.9. The lowest BCUT2D eigenvalue weighted by Gasteiger charge is -2.48. The molecule has 0 amide bonds. The van der Waals surface area contributed by atoms with Crippen LogP contribution in [0.1, 0.15) is 44.9 Å². The molecule has 18 atom stereocenters. The van der Waals surface area contributed by atoms with Crippen molar-refractivity contribution in [2.24, 2.45) is 11.8 Å². The van der Waals surface area contributed by atoms with Crippen molar-refractivity contribution in [2.75, 3.05) is 13.2 Å². The second kappa shape index (κ2) is 13.8. The molecule has 15 heteroatoms. The van der Waals surface area contributed by atoms with E-state index in [4.69, 9.17) is 23.7 Å². The Bertz CT molecular complexity index is 865. The fourth-order valence-electron chi connectivity index (χ4n) is 7.12. The Morgan fingerprint density at radius 1 is 0.548 bits per heavy atom. The van der Waals surface area contributed by atoms with Gasteiger partial charge in [-0.05, 0) is 38.0 Å². The average Bonchev–Trinajstić information content (AvgIpc) is 2.97. The summed E-state index contributed by atoms with van der Waals surface area (Å²) in [4.78, 5) is 0. The molecular weight excluding hydrogens is 564 g/mol. The van der Waals surface area contributed by atoms with E-state index in [2.05, 4.69) is 0 Å². The minimum Gasteiger partial charge on any atom is -0.394 e. The lowest BCUT2D eigenvalue weighted by atomic mass is 9.73. The summed E-state index contributed by atoms with van der Waals surface area (Å²) in [6.07, 6.45) is -14.8. The minimum absolute atomic E-state index is 0.0902. The predicted molar refractivity (Wildman–Crippen MR) is 137 cm³/mol. The molecule has 0 aromatic heterocycles. The maximum atomic E-state index is 10.9. The molecule has 3 heterocycles. The van der Waals surface area contributed by atoms with Gasteiger partial charge < -0.3 is 74.7 Å². The molecule has 244 valence electrons. The maximum Gasteiger partial charge on any atom is 0.186 e. The third kappa shape index (κ3) is 6.80. The van der Waals surface area contributed by atoms with Crippen molar-refractivity contribution in [3.8, 4) is 0 Å². The van der Waals surface area contributed by atoms with Gasteiger partial charge in [0.25, 0.3) is 0 Å². The van der Waals surface area contributed by atoms with Crippen molar-refractivity contribution in [2.45, 2.75) is 143 Å². The monoisotopic (exact) mass is 610 g/mol. The molecule has 0 radical (unpaired) electrons. The van der Waals surface area contributed by atoms with Crippen molar-refractivity contribution in [3.05, 3.63) is 0 Å². The zero-order valence-corrected chi connectivity index (χ0v) is 23.3. The van der Waals surface area contributed by atoms with Crippen molar-refractivity contribution in [1.29, 1.82) is 0 Å². The highest BCUT2D eigenvalue weighted by atomic mass is 16.7. The van der Waals surface area contributed by atoms with Gasteiger partial charge in [0, 0.05) is 18.8 Å². The van der Waals surface area contributed by atoms with Gasteiger partial charge in [0.2, 0.25) is 0 Å². The standard InChI is InChI=1S/C27H46O15/c28-8-18-20(32)22(34)24(36)26(41-18)38-9-19-21(33)23(35)25(37)27(42-19)39-11-6-14(30)12-2-4-16(40-17(12)7-11)10-1-3-13(29)15(31)5-10/h10-37H,1-9H2. The Balaban J connectivity index is 1.18. The van der Waals surface area contributed by atoms with Gasteiger partial charge in [-0.2, -0.15) is 0 Å². The van der Waals surface area contributed by atoms with Gasteiger partial charge in [-0.25, -0.2) is 0 Å². The molecule has 0 spiro atoms. The Labute approximate surface area is 243 Å². The topological polar surface area (TPSA) is 248 Å². The molecule has 5 rings (SSSR count). The summed E-state index contributed by atoms with van der Waals surface area (Å²) in [5, 5.41) is 102. The predicted octanol–water partition coefficient (Wildman–Crippen LogP) is -4.16.